The Kier molecular flexibility index (Phi) is 7.86. The van der Waals surface area contributed by atoms with Crippen LogP contribution in [-0.2, 0) is 11.8 Å². The zero-order chi connectivity index (χ0) is 35.1. The number of hydrogen-bond acceptors (Lipinski definition) is 2. The fourth-order valence-electron chi connectivity index (χ4n) is 7.56. The summed E-state index contributed by atoms with van der Waals surface area (Å²) in [5.74, 6) is 0.641. The van der Waals surface area contributed by atoms with E-state index in [1.54, 1.807) is 0 Å². The Labute approximate surface area is 304 Å². The molecule has 8 aromatic rings. The molecular formula is C50H36O2. The van der Waals surface area contributed by atoms with E-state index in [-0.39, 0.29) is 5.43 Å². The second-order valence-electron chi connectivity index (χ2n) is 14.0. The first-order chi connectivity index (χ1) is 25.5. The standard InChI is InChI=1S/C50H36O2/c1-50(44-30-42(36-18-10-4-11-19-36)29-43(31-44)37-20-12-5-13-21-37)25-24-48-46(33-50)49(51)45-32-38(22-23-47(45)52-48)41-27-39(34-14-6-2-7-15-34)26-40(28-41)35-16-8-3-9-17-35/h2-32H,33H2,1H3. The number of rotatable bonds is 6. The molecule has 0 amide bonds. The van der Waals surface area contributed by atoms with Gasteiger partial charge in [0.1, 0.15) is 11.3 Å². The summed E-state index contributed by atoms with van der Waals surface area (Å²) in [5, 5.41) is 0.600. The lowest BCUT2D eigenvalue weighted by molar-refractivity contribution is 0.530. The van der Waals surface area contributed by atoms with Crippen LogP contribution >= 0.6 is 0 Å². The second kappa shape index (κ2) is 13.0. The van der Waals surface area contributed by atoms with E-state index in [9.17, 15) is 4.79 Å². The van der Waals surface area contributed by atoms with E-state index in [0.717, 1.165) is 61.2 Å². The van der Waals surface area contributed by atoms with E-state index in [4.69, 9.17) is 4.42 Å². The SMILES string of the molecule is CC1(c2cc(-c3ccccc3)cc(-c3ccccc3)c2)C=Cc2oc3ccc(-c4cc(-c5ccccc5)cc(-c5ccccc5)c4)cc3c(=O)c2C1. The Morgan fingerprint density at radius 3 is 1.35 bits per heavy atom. The van der Waals surface area contributed by atoms with Crippen molar-refractivity contribution < 1.29 is 4.42 Å². The minimum absolute atomic E-state index is 0.0265. The van der Waals surface area contributed by atoms with Crippen LogP contribution in [0.3, 0.4) is 0 Å². The lowest BCUT2D eigenvalue weighted by Gasteiger charge is -2.31. The molecule has 52 heavy (non-hydrogen) atoms. The van der Waals surface area contributed by atoms with Gasteiger partial charge in [-0.1, -0.05) is 153 Å². The molecule has 1 atom stereocenters. The van der Waals surface area contributed by atoms with Crippen LogP contribution in [-0.4, -0.2) is 0 Å². The van der Waals surface area contributed by atoms with Crippen molar-refractivity contribution in [1.82, 2.24) is 0 Å². The van der Waals surface area contributed by atoms with Crippen LogP contribution in [0.4, 0.5) is 0 Å². The Bertz CT molecular complexity index is 2540. The van der Waals surface area contributed by atoms with Gasteiger partial charge in [-0.2, -0.15) is 0 Å². The van der Waals surface area contributed by atoms with Gasteiger partial charge in [0.05, 0.1) is 5.39 Å². The van der Waals surface area contributed by atoms with Crippen molar-refractivity contribution in [2.24, 2.45) is 0 Å². The van der Waals surface area contributed by atoms with Crippen LogP contribution in [0.2, 0.25) is 0 Å². The highest BCUT2D eigenvalue weighted by Gasteiger charge is 2.32. The third-order valence-electron chi connectivity index (χ3n) is 10.4. The first-order valence-corrected chi connectivity index (χ1v) is 17.8. The molecule has 0 bridgehead atoms. The van der Waals surface area contributed by atoms with Crippen molar-refractivity contribution in [3.8, 4) is 55.6 Å². The second-order valence-corrected chi connectivity index (χ2v) is 14.0. The molecule has 1 aromatic heterocycles. The number of allylic oxidation sites excluding steroid dienone is 1. The van der Waals surface area contributed by atoms with Gasteiger partial charge in [0.15, 0.2) is 5.43 Å². The smallest absolute Gasteiger partial charge is 0.196 e. The third kappa shape index (κ3) is 5.89. The summed E-state index contributed by atoms with van der Waals surface area (Å²) < 4.78 is 6.47. The molecule has 1 aliphatic carbocycles. The number of benzene rings is 7. The zero-order valence-corrected chi connectivity index (χ0v) is 28.9. The molecule has 0 saturated carbocycles. The number of fused-ring (bicyclic) bond motifs is 2. The van der Waals surface area contributed by atoms with Crippen molar-refractivity contribution in [1.29, 1.82) is 0 Å². The largest absolute Gasteiger partial charge is 0.456 e. The van der Waals surface area contributed by atoms with Crippen molar-refractivity contribution >= 4 is 17.0 Å². The van der Waals surface area contributed by atoms with Gasteiger partial charge >= 0.3 is 0 Å². The molecule has 0 radical (unpaired) electrons. The lowest BCUT2D eigenvalue weighted by Crippen LogP contribution is -2.29. The molecule has 1 heterocycles. The summed E-state index contributed by atoms with van der Waals surface area (Å²) in [6.07, 6.45) is 4.74. The van der Waals surface area contributed by atoms with Gasteiger partial charge in [-0.05, 0) is 110 Å². The van der Waals surface area contributed by atoms with Gasteiger partial charge < -0.3 is 4.42 Å². The quantitative estimate of drug-likeness (QED) is 0.177. The molecule has 9 rings (SSSR count). The summed E-state index contributed by atoms with van der Waals surface area (Å²) in [6.45, 7) is 2.23. The van der Waals surface area contributed by atoms with Crippen molar-refractivity contribution in [2.45, 2.75) is 18.8 Å². The van der Waals surface area contributed by atoms with E-state index >= 15 is 0 Å². The van der Waals surface area contributed by atoms with Gasteiger partial charge in [-0.25, -0.2) is 0 Å². The van der Waals surface area contributed by atoms with Crippen LogP contribution in [0.1, 0.15) is 23.8 Å². The monoisotopic (exact) mass is 668 g/mol. The molecule has 0 spiro atoms. The van der Waals surface area contributed by atoms with E-state index in [1.807, 2.05) is 42.5 Å². The highest BCUT2D eigenvalue weighted by molar-refractivity contribution is 5.88. The fraction of sp³-hybridized carbons (Fsp3) is 0.0600. The van der Waals surface area contributed by atoms with Crippen LogP contribution in [0, 0.1) is 0 Å². The molecule has 0 saturated heterocycles. The van der Waals surface area contributed by atoms with Crippen molar-refractivity contribution in [2.75, 3.05) is 0 Å². The molecule has 2 heteroatoms. The van der Waals surface area contributed by atoms with Gasteiger partial charge in [-0.3, -0.25) is 4.79 Å². The zero-order valence-electron chi connectivity index (χ0n) is 28.9. The maximum Gasteiger partial charge on any atom is 0.196 e. The van der Waals surface area contributed by atoms with E-state index in [2.05, 4.69) is 153 Å². The van der Waals surface area contributed by atoms with Crippen molar-refractivity contribution in [3.63, 3.8) is 0 Å². The first-order valence-electron chi connectivity index (χ1n) is 17.8. The lowest BCUT2D eigenvalue weighted by atomic mass is 9.73. The maximum absolute atomic E-state index is 14.5. The van der Waals surface area contributed by atoms with Gasteiger partial charge in [0.25, 0.3) is 0 Å². The molecular weight excluding hydrogens is 633 g/mol. The van der Waals surface area contributed by atoms with Gasteiger partial charge in [-0.15, -0.1) is 0 Å². The highest BCUT2D eigenvalue weighted by atomic mass is 16.3. The molecule has 0 fully saturated rings. The van der Waals surface area contributed by atoms with E-state index < -0.39 is 5.41 Å². The molecule has 1 aliphatic rings. The first kappa shape index (κ1) is 31.5. The van der Waals surface area contributed by atoms with Crippen LogP contribution in [0.15, 0.2) is 191 Å². The summed E-state index contributed by atoms with van der Waals surface area (Å²) >= 11 is 0. The average molecular weight is 669 g/mol. The maximum atomic E-state index is 14.5. The van der Waals surface area contributed by atoms with Crippen LogP contribution in [0.25, 0.3) is 72.7 Å². The summed E-state index contributed by atoms with van der Waals surface area (Å²) in [5.41, 5.74) is 13.3. The minimum Gasteiger partial charge on any atom is -0.456 e. The molecule has 7 aromatic carbocycles. The van der Waals surface area contributed by atoms with Crippen LogP contribution < -0.4 is 5.43 Å². The predicted molar refractivity (Wildman–Crippen MR) is 216 cm³/mol. The topological polar surface area (TPSA) is 30.2 Å². The third-order valence-corrected chi connectivity index (χ3v) is 10.4. The fourth-order valence-corrected chi connectivity index (χ4v) is 7.56. The highest BCUT2D eigenvalue weighted by Crippen LogP contribution is 2.40. The molecule has 0 N–H and O–H groups in total. The predicted octanol–water partition coefficient (Wildman–Crippen LogP) is 12.7. The Hall–Kier alpha value is -6.51. The Morgan fingerprint density at radius 2 is 0.885 bits per heavy atom. The average Bonchev–Trinajstić information content (AvgIpc) is 3.22. The molecule has 0 aliphatic heterocycles. The normalized spacial score (nSPS) is 15.0. The van der Waals surface area contributed by atoms with Gasteiger partial charge in [0.2, 0.25) is 0 Å². The molecule has 248 valence electrons. The Morgan fingerprint density at radius 1 is 0.462 bits per heavy atom. The van der Waals surface area contributed by atoms with Crippen LogP contribution in [0.5, 0.6) is 0 Å². The summed E-state index contributed by atoms with van der Waals surface area (Å²) in [7, 11) is 0. The molecule has 2 nitrogen and oxygen atoms in total. The number of hydrogen-bond donors (Lipinski definition) is 0. The van der Waals surface area contributed by atoms with Gasteiger partial charge in [0, 0.05) is 11.0 Å². The van der Waals surface area contributed by atoms with E-state index in [1.165, 1.54) is 0 Å². The molecule has 1 unspecified atom stereocenters. The summed E-state index contributed by atoms with van der Waals surface area (Å²) in [6, 6.07) is 61.4. The minimum atomic E-state index is -0.421. The summed E-state index contributed by atoms with van der Waals surface area (Å²) in [4.78, 5) is 14.5. The Balaban J connectivity index is 1.15. The van der Waals surface area contributed by atoms with Crippen molar-refractivity contribution in [3.05, 3.63) is 209 Å². The van der Waals surface area contributed by atoms with E-state index in [0.29, 0.717) is 28.7 Å².